The second-order valence-corrected chi connectivity index (χ2v) is 6.55. The summed E-state index contributed by atoms with van der Waals surface area (Å²) in [7, 11) is -1.82. The van der Waals surface area contributed by atoms with E-state index < -0.39 is 10.0 Å². The van der Waals surface area contributed by atoms with Crippen molar-refractivity contribution >= 4 is 10.0 Å². The largest absolute Gasteiger partial charge is 0.395 e. The topological polar surface area (TPSA) is 75.4 Å². The van der Waals surface area contributed by atoms with Gasteiger partial charge >= 0.3 is 0 Å². The van der Waals surface area contributed by atoms with Gasteiger partial charge in [0, 0.05) is 19.6 Å². The summed E-state index contributed by atoms with van der Waals surface area (Å²) < 4.78 is 28.2. The molecule has 0 radical (unpaired) electrons. The van der Waals surface area contributed by atoms with Crippen molar-refractivity contribution in [3.63, 3.8) is 0 Å². The zero-order valence-electron chi connectivity index (χ0n) is 10.9. The normalized spacial score (nSPS) is 21.7. The van der Waals surface area contributed by atoms with Crippen LogP contribution in [0, 0.1) is 13.8 Å². The fourth-order valence-corrected chi connectivity index (χ4v) is 4.64. The van der Waals surface area contributed by atoms with Gasteiger partial charge in [-0.05, 0) is 26.7 Å². The van der Waals surface area contributed by atoms with Crippen LogP contribution in [0.2, 0.25) is 0 Å². The van der Waals surface area contributed by atoms with E-state index in [0.717, 1.165) is 6.42 Å². The van der Waals surface area contributed by atoms with Crippen molar-refractivity contribution in [2.24, 2.45) is 7.05 Å². The Hall–Kier alpha value is -0.920. The summed E-state index contributed by atoms with van der Waals surface area (Å²) in [4.78, 5) is 0.283. The number of aliphatic hydroxyl groups excluding tert-OH is 1. The maximum Gasteiger partial charge on any atom is 0.247 e. The van der Waals surface area contributed by atoms with Gasteiger partial charge < -0.3 is 5.11 Å². The van der Waals surface area contributed by atoms with Crippen LogP contribution in [0.15, 0.2) is 4.90 Å². The third-order valence-electron chi connectivity index (χ3n) is 3.54. The van der Waals surface area contributed by atoms with Crippen LogP contribution in [0.4, 0.5) is 0 Å². The number of rotatable bonds is 3. The Balaban J connectivity index is 2.48. The second-order valence-electron chi connectivity index (χ2n) is 4.72. The number of hydrogen-bond donors (Lipinski definition) is 1. The van der Waals surface area contributed by atoms with E-state index in [0.29, 0.717) is 24.4 Å². The van der Waals surface area contributed by atoms with Gasteiger partial charge in [-0.15, -0.1) is 0 Å². The molecule has 7 heteroatoms. The molecule has 0 amide bonds. The Morgan fingerprint density at radius 1 is 1.44 bits per heavy atom. The summed E-state index contributed by atoms with van der Waals surface area (Å²) in [6.07, 6.45) is 1.51. The fourth-order valence-electron chi connectivity index (χ4n) is 2.55. The lowest BCUT2D eigenvalue weighted by Gasteiger charge is -2.22. The summed E-state index contributed by atoms with van der Waals surface area (Å²) in [5.74, 6) is 0. The minimum absolute atomic E-state index is 0.127. The van der Waals surface area contributed by atoms with Gasteiger partial charge in [0.2, 0.25) is 10.0 Å². The van der Waals surface area contributed by atoms with Crippen LogP contribution in [0.3, 0.4) is 0 Å². The van der Waals surface area contributed by atoms with Crippen molar-refractivity contribution in [3.05, 3.63) is 11.4 Å². The Labute approximate surface area is 107 Å². The molecule has 6 nitrogen and oxygen atoms in total. The zero-order valence-corrected chi connectivity index (χ0v) is 11.7. The van der Waals surface area contributed by atoms with E-state index in [1.54, 1.807) is 25.6 Å². The van der Waals surface area contributed by atoms with E-state index in [4.69, 9.17) is 0 Å². The number of sulfonamides is 1. The predicted molar refractivity (Wildman–Crippen MR) is 66.7 cm³/mol. The molecule has 0 aromatic carbocycles. The van der Waals surface area contributed by atoms with E-state index in [2.05, 4.69) is 5.10 Å². The van der Waals surface area contributed by atoms with E-state index in [9.17, 15) is 13.5 Å². The van der Waals surface area contributed by atoms with E-state index in [1.165, 1.54) is 4.31 Å². The monoisotopic (exact) mass is 273 g/mol. The van der Waals surface area contributed by atoms with Crippen LogP contribution in [-0.2, 0) is 17.1 Å². The average molecular weight is 273 g/mol. The van der Waals surface area contributed by atoms with Crippen LogP contribution >= 0.6 is 0 Å². The van der Waals surface area contributed by atoms with Crippen LogP contribution < -0.4 is 0 Å². The molecule has 2 rings (SSSR count). The highest BCUT2D eigenvalue weighted by Gasteiger charge is 2.37. The van der Waals surface area contributed by atoms with Crippen LogP contribution in [0.1, 0.15) is 24.2 Å². The van der Waals surface area contributed by atoms with Crippen molar-refractivity contribution in [2.45, 2.75) is 37.6 Å². The molecule has 1 N–H and O–H groups in total. The quantitative estimate of drug-likeness (QED) is 0.852. The van der Waals surface area contributed by atoms with Gasteiger partial charge in [0.25, 0.3) is 0 Å². The van der Waals surface area contributed by atoms with Crippen molar-refractivity contribution < 1.29 is 13.5 Å². The van der Waals surface area contributed by atoms with Crippen molar-refractivity contribution in [2.75, 3.05) is 13.2 Å². The summed E-state index contributed by atoms with van der Waals surface area (Å²) in [5, 5.41) is 13.4. The molecule has 0 bridgehead atoms. The van der Waals surface area contributed by atoms with Crippen LogP contribution in [0.5, 0.6) is 0 Å². The summed E-state index contributed by atoms with van der Waals surface area (Å²) in [6.45, 7) is 3.79. The summed E-state index contributed by atoms with van der Waals surface area (Å²) in [6, 6.07) is -0.297. The van der Waals surface area contributed by atoms with Gasteiger partial charge in [0.1, 0.15) is 4.90 Å². The maximum absolute atomic E-state index is 12.6. The molecule has 1 aromatic heterocycles. The molecule has 0 saturated carbocycles. The number of aromatic nitrogens is 2. The van der Waals surface area contributed by atoms with E-state index in [1.807, 2.05) is 0 Å². The third-order valence-corrected chi connectivity index (χ3v) is 5.75. The lowest BCUT2D eigenvalue weighted by Crippen LogP contribution is -2.38. The molecule has 0 aliphatic carbocycles. The zero-order chi connectivity index (χ0) is 13.5. The van der Waals surface area contributed by atoms with Gasteiger partial charge in [0.05, 0.1) is 18.0 Å². The molecule has 102 valence electrons. The molecular formula is C11H19N3O3S. The molecule has 0 spiro atoms. The SMILES string of the molecule is Cc1nn(C)c(C)c1S(=O)(=O)N1CCC[C@@H]1CO. The molecule has 1 aliphatic heterocycles. The maximum atomic E-state index is 12.6. The van der Waals surface area contributed by atoms with Crippen LogP contribution in [-0.4, -0.2) is 46.8 Å². The van der Waals surface area contributed by atoms with E-state index in [-0.39, 0.29) is 17.5 Å². The highest BCUT2D eigenvalue weighted by atomic mass is 32.2. The summed E-state index contributed by atoms with van der Waals surface area (Å²) >= 11 is 0. The molecule has 0 unspecified atom stereocenters. The first kappa shape index (κ1) is 13.5. The molecule has 1 saturated heterocycles. The molecule has 2 heterocycles. The predicted octanol–water partition coefficient (Wildman–Crippen LogP) is 0.182. The van der Waals surface area contributed by atoms with Crippen molar-refractivity contribution in [1.82, 2.24) is 14.1 Å². The van der Waals surface area contributed by atoms with Gasteiger partial charge in [-0.2, -0.15) is 9.40 Å². The molecule has 1 atom stereocenters. The Bertz CT molecular complexity index is 550. The Morgan fingerprint density at radius 2 is 2.11 bits per heavy atom. The first-order valence-electron chi connectivity index (χ1n) is 6.02. The number of aliphatic hydroxyl groups is 1. The second kappa shape index (κ2) is 4.64. The Kier molecular flexibility index (Phi) is 3.48. The van der Waals surface area contributed by atoms with Gasteiger partial charge in [-0.1, -0.05) is 0 Å². The van der Waals surface area contributed by atoms with Gasteiger partial charge in [-0.3, -0.25) is 4.68 Å². The van der Waals surface area contributed by atoms with E-state index >= 15 is 0 Å². The minimum atomic E-state index is -3.55. The molecule has 18 heavy (non-hydrogen) atoms. The standard InChI is InChI=1S/C11H19N3O3S/c1-8-11(9(2)13(3)12-8)18(16,17)14-6-4-5-10(14)7-15/h10,15H,4-7H2,1-3H3/t10-/m1/s1. The lowest BCUT2D eigenvalue weighted by atomic mass is 10.2. The van der Waals surface area contributed by atoms with Crippen LogP contribution in [0.25, 0.3) is 0 Å². The average Bonchev–Trinajstić information content (AvgIpc) is 2.85. The van der Waals surface area contributed by atoms with Crippen molar-refractivity contribution in [1.29, 1.82) is 0 Å². The van der Waals surface area contributed by atoms with Crippen molar-refractivity contribution in [3.8, 4) is 0 Å². The minimum Gasteiger partial charge on any atom is -0.395 e. The number of aryl methyl sites for hydroxylation is 2. The first-order valence-corrected chi connectivity index (χ1v) is 7.46. The Morgan fingerprint density at radius 3 is 2.61 bits per heavy atom. The summed E-state index contributed by atoms with van der Waals surface area (Å²) in [5.41, 5.74) is 1.15. The third kappa shape index (κ3) is 1.96. The van der Waals surface area contributed by atoms with Gasteiger partial charge in [-0.25, -0.2) is 8.42 Å². The lowest BCUT2D eigenvalue weighted by molar-refractivity contribution is 0.213. The fraction of sp³-hybridized carbons (Fsp3) is 0.727. The molecule has 1 aromatic rings. The first-order chi connectivity index (χ1) is 8.39. The highest BCUT2D eigenvalue weighted by molar-refractivity contribution is 7.89. The molecular weight excluding hydrogens is 254 g/mol. The molecule has 1 aliphatic rings. The molecule has 1 fully saturated rings. The highest BCUT2D eigenvalue weighted by Crippen LogP contribution is 2.29. The van der Waals surface area contributed by atoms with Gasteiger partial charge in [0.15, 0.2) is 0 Å². The number of hydrogen-bond acceptors (Lipinski definition) is 4. The number of nitrogens with zero attached hydrogens (tertiary/aromatic N) is 3. The smallest absolute Gasteiger partial charge is 0.247 e.